The van der Waals surface area contributed by atoms with Gasteiger partial charge in [0.25, 0.3) is 0 Å². The summed E-state index contributed by atoms with van der Waals surface area (Å²) < 4.78 is 18.6. The minimum atomic E-state index is -0.266. The fraction of sp³-hybridized carbons (Fsp3) is 0.278. The quantitative estimate of drug-likeness (QED) is 0.856. The molecule has 1 aliphatic rings. The Bertz CT molecular complexity index is 690. The summed E-state index contributed by atoms with van der Waals surface area (Å²) in [6.07, 6.45) is 0.344. The first-order valence-electron chi connectivity index (χ1n) is 7.47. The van der Waals surface area contributed by atoms with Gasteiger partial charge in [-0.2, -0.15) is 0 Å². The van der Waals surface area contributed by atoms with E-state index in [0.717, 1.165) is 22.6 Å². The molecule has 0 N–H and O–H groups in total. The number of carbonyl (C=O) groups is 1. The lowest BCUT2D eigenvalue weighted by Crippen LogP contribution is -2.31. The summed E-state index contributed by atoms with van der Waals surface area (Å²) in [7, 11) is 1.62. The predicted octanol–water partition coefficient (Wildman–Crippen LogP) is 3.65. The molecule has 1 heterocycles. The van der Waals surface area contributed by atoms with Gasteiger partial charge in [0.1, 0.15) is 16.9 Å². The van der Waals surface area contributed by atoms with Gasteiger partial charge in [-0.15, -0.1) is 11.8 Å². The van der Waals surface area contributed by atoms with Crippen molar-refractivity contribution in [3.05, 3.63) is 65.5 Å². The molecule has 0 aromatic heterocycles. The van der Waals surface area contributed by atoms with Gasteiger partial charge < -0.3 is 9.64 Å². The Balaban J connectivity index is 1.72. The topological polar surface area (TPSA) is 29.5 Å². The first kappa shape index (κ1) is 15.9. The van der Waals surface area contributed by atoms with Crippen LogP contribution >= 0.6 is 11.8 Å². The lowest BCUT2D eigenvalue weighted by Gasteiger charge is -2.24. The molecule has 23 heavy (non-hydrogen) atoms. The minimum absolute atomic E-state index is 0.0643. The highest BCUT2D eigenvalue weighted by Crippen LogP contribution is 2.38. The first-order valence-corrected chi connectivity index (χ1v) is 8.52. The molecule has 0 radical (unpaired) electrons. The average Bonchev–Trinajstić information content (AvgIpc) is 3.05. The van der Waals surface area contributed by atoms with E-state index in [0.29, 0.717) is 13.0 Å². The Morgan fingerprint density at radius 2 is 2.09 bits per heavy atom. The zero-order valence-electron chi connectivity index (χ0n) is 12.9. The molecular formula is C18H18FNO2S. The van der Waals surface area contributed by atoms with Crippen LogP contribution in [0.1, 0.15) is 16.5 Å². The molecule has 3 nitrogen and oxygen atoms in total. The highest BCUT2D eigenvalue weighted by atomic mass is 32.2. The van der Waals surface area contributed by atoms with Crippen LogP contribution in [-0.4, -0.2) is 30.2 Å². The lowest BCUT2D eigenvalue weighted by atomic mass is 10.1. The first-order chi connectivity index (χ1) is 11.2. The summed E-state index contributed by atoms with van der Waals surface area (Å²) in [5.41, 5.74) is 1.79. The number of halogens is 1. The van der Waals surface area contributed by atoms with Crippen LogP contribution in [0.15, 0.2) is 48.5 Å². The number of thioether (sulfide) groups is 1. The molecule has 1 aliphatic heterocycles. The molecule has 0 unspecified atom stereocenters. The van der Waals surface area contributed by atoms with Gasteiger partial charge in [-0.1, -0.05) is 24.3 Å². The number of rotatable bonds is 4. The molecule has 3 rings (SSSR count). The monoisotopic (exact) mass is 331 g/mol. The SMILES string of the molecule is COc1ccc(CC(=O)N2CCS[C@H]2c2cccc(F)c2)cc1. The maximum absolute atomic E-state index is 13.4. The Hall–Kier alpha value is -2.01. The van der Waals surface area contributed by atoms with E-state index in [1.54, 1.807) is 24.9 Å². The van der Waals surface area contributed by atoms with Crippen molar-refractivity contribution in [1.29, 1.82) is 0 Å². The van der Waals surface area contributed by atoms with Crippen molar-refractivity contribution < 1.29 is 13.9 Å². The normalized spacial score (nSPS) is 17.3. The summed E-state index contributed by atoms with van der Waals surface area (Å²) in [5, 5.41) is -0.101. The summed E-state index contributed by atoms with van der Waals surface area (Å²) >= 11 is 1.68. The molecule has 0 aliphatic carbocycles. The van der Waals surface area contributed by atoms with Crippen LogP contribution in [0.5, 0.6) is 5.75 Å². The van der Waals surface area contributed by atoms with E-state index < -0.39 is 0 Å². The molecule has 1 atom stereocenters. The van der Waals surface area contributed by atoms with Crippen LogP contribution in [0.2, 0.25) is 0 Å². The van der Waals surface area contributed by atoms with Crippen molar-refractivity contribution in [1.82, 2.24) is 4.90 Å². The number of ether oxygens (including phenoxy) is 1. The van der Waals surface area contributed by atoms with Crippen LogP contribution in [0.25, 0.3) is 0 Å². The molecular weight excluding hydrogens is 313 g/mol. The number of amides is 1. The van der Waals surface area contributed by atoms with Gasteiger partial charge in [0, 0.05) is 12.3 Å². The van der Waals surface area contributed by atoms with Gasteiger partial charge in [0.15, 0.2) is 0 Å². The van der Waals surface area contributed by atoms with Gasteiger partial charge in [0.2, 0.25) is 5.91 Å². The largest absolute Gasteiger partial charge is 0.497 e. The van der Waals surface area contributed by atoms with E-state index >= 15 is 0 Å². The minimum Gasteiger partial charge on any atom is -0.497 e. The summed E-state index contributed by atoms with van der Waals surface area (Å²) in [6.45, 7) is 0.695. The van der Waals surface area contributed by atoms with E-state index in [1.165, 1.54) is 12.1 Å². The number of nitrogens with zero attached hydrogens (tertiary/aromatic N) is 1. The Morgan fingerprint density at radius 3 is 2.78 bits per heavy atom. The number of hydrogen-bond donors (Lipinski definition) is 0. The molecule has 0 bridgehead atoms. The van der Waals surface area contributed by atoms with Crippen LogP contribution in [-0.2, 0) is 11.2 Å². The second-order valence-corrected chi connectivity index (χ2v) is 6.58. The van der Waals surface area contributed by atoms with Crippen LogP contribution < -0.4 is 4.74 Å². The van der Waals surface area contributed by atoms with E-state index in [4.69, 9.17) is 4.74 Å². The summed E-state index contributed by atoms with van der Waals surface area (Å²) in [5.74, 6) is 1.44. The number of methoxy groups -OCH3 is 1. The molecule has 1 saturated heterocycles. The molecule has 1 amide bonds. The molecule has 0 saturated carbocycles. The third-order valence-electron chi connectivity index (χ3n) is 3.86. The lowest BCUT2D eigenvalue weighted by molar-refractivity contribution is -0.130. The number of hydrogen-bond acceptors (Lipinski definition) is 3. The van der Waals surface area contributed by atoms with Gasteiger partial charge in [-0.05, 0) is 35.4 Å². The van der Waals surface area contributed by atoms with Crippen molar-refractivity contribution in [2.24, 2.45) is 0 Å². The molecule has 2 aromatic rings. The van der Waals surface area contributed by atoms with Gasteiger partial charge in [-0.3, -0.25) is 4.79 Å². The molecule has 0 spiro atoms. The van der Waals surface area contributed by atoms with Crippen LogP contribution in [0.4, 0.5) is 4.39 Å². The average molecular weight is 331 g/mol. The van der Waals surface area contributed by atoms with Crippen molar-refractivity contribution in [2.45, 2.75) is 11.8 Å². The summed E-state index contributed by atoms with van der Waals surface area (Å²) in [4.78, 5) is 14.5. The van der Waals surface area contributed by atoms with Crippen molar-refractivity contribution in [2.75, 3.05) is 19.4 Å². The van der Waals surface area contributed by atoms with Gasteiger partial charge in [0.05, 0.1) is 13.5 Å². The molecule has 120 valence electrons. The van der Waals surface area contributed by atoms with Crippen molar-refractivity contribution in [3.63, 3.8) is 0 Å². The Morgan fingerprint density at radius 1 is 1.30 bits per heavy atom. The third kappa shape index (κ3) is 3.67. The summed E-state index contributed by atoms with van der Waals surface area (Å²) in [6, 6.07) is 14.0. The van der Waals surface area contributed by atoms with E-state index in [1.807, 2.05) is 35.2 Å². The fourth-order valence-electron chi connectivity index (χ4n) is 2.68. The predicted molar refractivity (Wildman–Crippen MR) is 90.0 cm³/mol. The molecule has 5 heteroatoms. The van der Waals surface area contributed by atoms with Crippen LogP contribution in [0.3, 0.4) is 0 Å². The highest BCUT2D eigenvalue weighted by Gasteiger charge is 2.30. The number of carbonyl (C=O) groups excluding carboxylic acids is 1. The van der Waals surface area contributed by atoms with Crippen molar-refractivity contribution in [3.8, 4) is 5.75 Å². The molecule has 1 fully saturated rings. The maximum atomic E-state index is 13.4. The second-order valence-electron chi connectivity index (χ2n) is 5.39. The fourth-order valence-corrected chi connectivity index (χ4v) is 3.95. The third-order valence-corrected chi connectivity index (χ3v) is 5.12. The van der Waals surface area contributed by atoms with E-state index in [9.17, 15) is 9.18 Å². The van der Waals surface area contributed by atoms with Crippen LogP contribution in [0, 0.1) is 5.82 Å². The standard InChI is InChI=1S/C18H18FNO2S/c1-22-16-7-5-13(6-8-16)11-17(21)20-9-10-23-18(20)14-3-2-4-15(19)12-14/h2-8,12,18H,9-11H2,1H3/t18-/m0/s1. The number of benzene rings is 2. The zero-order valence-corrected chi connectivity index (χ0v) is 13.7. The maximum Gasteiger partial charge on any atom is 0.228 e. The highest BCUT2D eigenvalue weighted by molar-refractivity contribution is 7.99. The molecule has 2 aromatic carbocycles. The van der Waals surface area contributed by atoms with Gasteiger partial charge in [-0.25, -0.2) is 4.39 Å². The zero-order chi connectivity index (χ0) is 16.2. The Labute approximate surface area is 139 Å². The van der Waals surface area contributed by atoms with Gasteiger partial charge >= 0.3 is 0 Å². The van der Waals surface area contributed by atoms with E-state index in [2.05, 4.69) is 0 Å². The van der Waals surface area contributed by atoms with E-state index in [-0.39, 0.29) is 17.1 Å². The Kier molecular flexibility index (Phi) is 4.86. The smallest absolute Gasteiger partial charge is 0.228 e. The second kappa shape index (κ2) is 7.04. The van der Waals surface area contributed by atoms with Crippen molar-refractivity contribution >= 4 is 17.7 Å².